The van der Waals surface area contributed by atoms with Gasteiger partial charge in [0.2, 0.25) is 5.91 Å². The summed E-state index contributed by atoms with van der Waals surface area (Å²) in [5.74, 6) is -1.13. The summed E-state index contributed by atoms with van der Waals surface area (Å²) in [5.41, 5.74) is 0.402. The highest BCUT2D eigenvalue weighted by molar-refractivity contribution is 5.79. The smallest absolute Gasteiger partial charge is 0.223 e. The number of carbonyl (C=O) groups is 1. The van der Waals surface area contributed by atoms with E-state index in [1.165, 1.54) is 6.42 Å². The van der Waals surface area contributed by atoms with E-state index in [-0.39, 0.29) is 17.9 Å². The van der Waals surface area contributed by atoms with Crippen LogP contribution in [0.4, 0.5) is 8.78 Å². The number of hydrogen-bond acceptors (Lipinski definition) is 2. The molecule has 0 unspecified atom stereocenters. The van der Waals surface area contributed by atoms with Crippen molar-refractivity contribution in [3.05, 3.63) is 35.4 Å². The van der Waals surface area contributed by atoms with Crippen molar-refractivity contribution in [1.29, 1.82) is 0 Å². The van der Waals surface area contributed by atoms with E-state index in [1.807, 2.05) is 0 Å². The summed E-state index contributed by atoms with van der Waals surface area (Å²) in [6.45, 7) is 2.02. The number of likely N-dealkylation sites (tertiary alicyclic amines) is 1. The van der Waals surface area contributed by atoms with E-state index < -0.39 is 11.6 Å². The van der Waals surface area contributed by atoms with Crippen LogP contribution in [0.5, 0.6) is 0 Å². The number of benzene rings is 1. The Kier molecular flexibility index (Phi) is 5.82. The molecule has 1 saturated carbocycles. The number of carbonyl (C=O) groups excluding carboxylic acids is 1. The molecule has 3 rings (SSSR count). The van der Waals surface area contributed by atoms with E-state index in [4.69, 9.17) is 0 Å². The minimum Gasteiger partial charge on any atom is -0.353 e. The van der Waals surface area contributed by atoms with Gasteiger partial charge in [0, 0.05) is 37.2 Å². The molecule has 0 aromatic heterocycles. The summed E-state index contributed by atoms with van der Waals surface area (Å²) >= 11 is 0. The average Bonchev–Trinajstić information content (AvgIpc) is 2.61. The van der Waals surface area contributed by atoms with Crippen LogP contribution in [0.15, 0.2) is 18.2 Å². The summed E-state index contributed by atoms with van der Waals surface area (Å²) in [4.78, 5) is 14.4. The van der Waals surface area contributed by atoms with Gasteiger partial charge in [-0.25, -0.2) is 8.78 Å². The van der Waals surface area contributed by atoms with Gasteiger partial charge in [0.1, 0.15) is 0 Å². The van der Waals surface area contributed by atoms with Crippen molar-refractivity contribution < 1.29 is 13.6 Å². The van der Waals surface area contributed by atoms with Crippen molar-refractivity contribution in [3.63, 3.8) is 0 Å². The minimum absolute atomic E-state index is 0.193. The normalized spacial score (nSPS) is 20.9. The number of halogens is 2. The van der Waals surface area contributed by atoms with Gasteiger partial charge in [0.25, 0.3) is 0 Å². The molecule has 1 N–H and O–H groups in total. The zero-order valence-electron chi connectivity index (χ0n) is 14.1. The fraction of sp³-hybridized carbons (Fsp3) is 0.632. The molecule has 132 valence electrons. The number of hydrogen-bond donors (Lipinski definition) is 1. The first-order chi connectivity index (χ1) is 11.6. The van der Waals surface area contributed by atoms with Crippen molar-refractivity contribution in [3.8, 4) is 0 Å². The van der Waals surface area contributed by atoms with E-state index in [0.29, 0.717) is 12.1 Å². The van der Waals surface area contributed by atoms with Gasteiger partial charge in [0.15, 0.2) is 11.6 Å². The molecule has 24 heavy (non-hydrogen) atoms. The van der Waals surface area contributed by atoms with E-state index in [2.05, 4.69) is 10.2 Å². The van der Waals surface area contributed by atoms with E-state index in [0.717, 1.165) is 57.7 Å². The van der Waals surface area contributed by atoms with Crippen LogP contribution in [0.1, 0.15) is 50.5 Å². The molecular weight excluding hydrogens is 310 g/mol. The molecule has 0 spiro atoms. The highest BCUT2D eigenvalue weighted by Crippen LogP contribution is 2.24. The quantitative estimate of drug-likeness (QED) is 0.911. The first-order valence-corrected chi connectivity index (χ1v) is 9.09. The molecular formula is C19H26F2N2O. The Bertz CT molecular complexity index is 564. The molecule has 1 heterocycles. The van der Waals surface area contributed by atoms with E-state index in [1.54, 1.807) is 12.1 Å². The maximum atomic E-state index is 13.8. The summed E-state index contributed by atoms with van der Waals surface area (Å²) in [5, 5.41) is 3.19. The number of nitrogens with zero attached hydrogens (tertiary/aromatic N) is 1. The number of rotatable bonds is 4. The van der Waals surface area contributed by atoms with Gasteiger partial charge in [-0.3, -0.25) is 9.69 Å². The van der Waals surface area contributed by atoms with Crippen molar-refractivity contribution in [2.75, 3.05) is 13.1 Å². The van der Waals surface area contributed by atoms with Crippen LogP contribution in [-0.4, -0.2) is 29.9 Å². The molecule has 1 aliphatic heterocycles. The molecule has 1 aromatic carbocycles. The zero-order chi connectivity index (χ0) is 16.9. The molecule has 2 aliphatic rings. The highest BCUT2D eigenvalue weighted by atomic mass is 19.2. The van der Waals surface area contributed by atoms with Crippen LogP contribution < -0.4 is 5.32 Å². The molecule has 2 fully saturated rings. The SMILES string of the molecule is O=C(NC1CCN(Cc2cccc(F)c2F)CC1)C1CCCCC1. The van der Waals surface area contributed by atoms with Gasteiger partial charge < -0.3 is 5.32 Å². The first kappa shape index (κ1) is 17.3. The molecule has 0 atom stereocenters. The lowest BCUT2D eigenvalue weighted by atomic mass is 9.88. The summed E-state index contributed by atoms with van der Waals surface area (Å²) < 4.78 is 27.0. The van der Waals surface area contributed by atoms with E-state index in [9.17, 15) is 13.6 Å². The Balaban J connectivity index is 1.45. The summed E-state index contributed by atoms with van der Waals surface area (Å²) in [6, 6.07) is 4.54. The molecule has 1 aliphatic carbocycles. The van der Waals surface area contributed by atoms with Gasteiger partial charge in [-0.1, -0.05) is 31.4 Å². The monoisotopic (exact) mass is 336 g/mol. The molecule has 0 bridgehead atoms. The van der Waals surface area contributed by atoms with Crippen molar-refractivity contribution in [2.45, 2.75) is 57.5 Å². The minimum atomic E-state index is -0.790. The fourth-order valence-corrected chi connectivity index (χ4v) is 3.83. The lowest BCUT2D eigenvalue weighted by Crippen LogP contribution is -2.46. The largest absolute Gasteiger partial charge is 0.353 e. The van der Waals surface area contributed by atoms with Crippen LogP contribution in [0.3, 0.4) is 0 Å². The Morgan fingerprint density at radius 3 is 2.50 bits per heavy atom. The molecule has 5 heteroatoms. The second-order valence-corrected chi connectivity index (χ2v) is 7.11. The fourth-order valence-electron chi connectivity index (χ4n) is 3.83. The maximum Gasteiger partial charge on any atom is 0.223 e. The van der Waals surface area contributed by atoms with Gasteiger partial charge >= 0.3 is 0 Å². The summed E-state index contributed by atoms with van der Waals surface area (Å²) in [7, 11) is 0. The van der Waals surface area contributed by atoms with Gasteiger partial charge in [-0.15, -0.1) is 0 Å². The Morgan fingerprint density at radius 2 is 1.79 bits per heavy atom. The van der Waals surface area contributed by atoms with Crippen molar-refractivity contribution in [1.82, 2.24) is 10.2 Å². The third kappa shape index (κ3) is 4.32. The van der Waals surface area contributed by atoms with Gasteiger partial charge in [-0.2, -0.15) is 0 Å². The second kappa shape index (κ2) is 8.06. The Morgan fingerprint density at radius 1 is 1.08 bits per heavy atom. The predicted molar refractivity (Wildman–Crippen MR) is 89.4 cm³/mol. The topological polar surface area (TPSA) is 32.3 Å². The first-order valence-electron chi connectivity index (χ1n) is 9.09. The lowest BCUT2D eigenvalue weighted by Gasteiger charge is -2.33. The van der Waals surface area contributed by atoms with Crippen LogP contribution in [0.25, 0.3) is 0 Å². The molecule has 3 nitrogen and oxygen atoms in total. The molecule has 1 saturated heterocycles. The lowest BCUT2D eigenvalue weighted by molar-refractivity contribution is -0.127. The maximum absolute atomic E-state index is 13.8. The van der Waals surface area contributed by atoms with Crippen LogP contribution >= 0.6 is 0 Å². The van der Waals surface area contributed by atoms with Gasteiger partial charge in [0.05, 0.1) is 0 Å². The third-order valence-electron chi connectivity index (χ3n) is 5.34. The molecule has 1 aromatic rings. The molecule has 1 amide bonds. The van der Waals surface area contributed by atoms with Crippen LogP contribution in [0, 0.1) is 17.6 Å². The standard InChI is InChI=1S/C19H26F2N2O/c20-17-8-4-7-15(18(17)21)13-23-11-9-16(10-12-23)22-19(24)14-5-2-1-3-6-14/h4,7-8,14,16H,1-3,5-6,9-13H2,(H,22,24). The van der Waals surface area contributed by atoms with Crippen LogP contribution in [-0.2, 0) is 11.3 Å². The highest BCUT2D eigenvalue weighted by Gasteiger charge is 2.26. The van der Waals surface area contributed by atoms with Crippen molar-refractivity contribution >= 4 is 5.91 Å². The summed E-state index contributed by atoms with van der Waals surface area (Å²) in [6.07, 6.45) is 7.35. The Labute approximate surface area is 142 Å². The second-order valence-electron chi connectivity index (χ2n) is 7.11. The van der Waals surface area contributed by atoms with E-state index >= 15 is 0 Å². The average molecular weight is 336 g/mol. The number of amides is 1. The number of piperidine rings is 1. The van der Waals surface area contributed by atoms with Crippen molar-refractivity contribution in [2.24, 2.45) is 5.92 Å². The van der Waals surface area contributed by atoms with Gasteiger partial charge in [-0.05, 0) is 31.7 Å². The zero-order valence-corrected chi connectivity index (χ0v) is 14.1. The van der Waals surface area contributed by atoms with Crippen LogP contribution in [0.2, 0.25) is 0 Å². The Hall–Kier alpha value is -1.49. The predicted octanol–water partition coefficient (Wildman–Crippen LogP) is 3.63. The number of nitrogens with one attached hydrogen (secondary N) is 1. The molecule has 0 radical (unpaired) electrons. The third-order valence-corrected chi connectivity index (χ3v) is 5.34.